The quantitative estimate of drug-likeness (QED) is 0.435. The second kappa shape index (κ2) is 10.2. The lowest BCUT2D eigenvalue weighted by Crippen LogP contribution is -2.23. The summed E-state index contributed by atoms with van der Waals surface area (Å²) >= 11 is 0. The third-order valence-corrected chi connectivity index (χ3v) is 4.23. The zero-order chi connectivity index (χ0) is 19.6. The van der Waals surface area contributed by atoms with Crippen molar-refractivity contribution < 1.29 is 9.53 Å². The van der Waals surface area contributed by atoms with E-state index in [4.69, 9.17) is 4.74 Å². The van der Waals surface area contributed by atoms with Crippen molar-refractivity contribution in [2.24, 2.45) is 0 Å². The molecule has 0 atom stereocenters. The molecule has 0 aliphatic heterocycles. The zero-order valence-electron chi connectivity index (χ0n) is 16.1. The van der Waals surface area contributed by atoms with Gasteiger partial charge in [0.1, 0.15) is 11.4 Å². The van der Waals surface area contributed by atoms with E-state index in [1.165, 1.54) is 0 Å². The van der Waals surface area contributed by atoms with Crippen LogP contribution in [0.2, 0.25) is 0 Å². The minimum absolute atomic E-state index is 0.209. The highest BCUT2D eigenvalue weighted by Crippen LogP contribution is 2.14. The molecule has 0 saturated carbocycles. The summed E-state index contributed by atoms with van der Waals surface area (Å²) in [6.45, 7) is 3.23. The SMILES string of the molecule is CCC=CCCCOc1cccc(CNC(=O)c2ccc3ncccc3n2)c1. The first-order valence-electron chi connectivity index (χ1n) is 9.63. The molecule has 3 aromatic rings. The molecule has 2 heterocycles. The molecule has 144 valence electrons. The van der Waals surface area contributed by atoms with E-state index in [0.717, 1.165) is 36.1 Å². The highest BCUT2D eigenvalue weighted by molar-refractivity contribution is 5.94. The second-order valence-electron chi connectivity index (χ2n) is 6.44. The molecule has 3 rings (SSSR count). The van der Waals surface area contributed by atoms with E-state index in [9.17, 15) is 4.79 Å². The Hall–Kier alpha value is -3.21. The topological polar surface area (TPSA) is 64.1 Å². The lowest BCUT2D eigenvalue weighted by molar-refractivity contribution is 0.0946. The van der Waals surface area contributed by atoms with Gasteiger partial charge in [0.25, 0.3) is 5.91 Å². The zero-order valence-corrected chi connectivity index (χ0v) is 16.1. The van der Waals surface area contributed by atoms with Gasteiger partial charge < -0.3 is 10.1 Å². The van der Waals surface area contributed by atoms with Gasteiger partial charge >= 0.3 is 0 Å². The monoisotopic (exact) mass is 375 g/mol. The first-order valence-corrected chi connectivity index (χ1v) is 9.63. The molecular weight excluding hydrogens is 350 g/mol. The molecule has 0 spiro atoms. The summed E-state index contributed by atoms with van der Waals surface area (Å²) in [5.41, 5.74) is 2.85. The number of allylic oxidation sites excluding steroid dienone is 2. The highest BCUT2D eigenvalue weighted by Gasteiger charge is 2.08. The number of fused-ring (bicyclic) bond motifs is 1. The first-order chi connectivity index (χ1) is 13.8. The standard InChI is InChI=1S/C23H25N3O2/c1-2-3-4-5-6-15-28-19-10-7-9-18(16-19)17-25-23(27)22-13-12-20-21(26-22)11-8-14-24-20/h3-4,7-14,16H,2,5-6,15,17H2,1H3,(H,25,27). The van der Waals surface area contributed by atoms with E-state index in [1.54, 1.807) is 18.3 Å². The van der Waals surface area contributed by atoms with Crippen LogP contribution in [0, 0.1) is 0 Å². The van der Waals surface area contributed by atoms with E-state index >= 15 is 0 Å². The third-order valence-electron chi connectivity index (χ3n) is 4.23. The number of hydrogen-bond acceptors (Lipinski definition) is 4. The van der Waals surface area contributed by atoms with Crippen LogP contribution < -0.4 is 10.1 Å². The number of unbranched alkanes of at least 4 members (excludes halogenated alkanes) is 1. The number of nitrogens with one attached hydrogen (secondary N) is 1. The van der Waals surface area contributed by atoms with Crippen molar-refractivity contribution in [1.82, 2.24) is 15.3 Å². The predicted molar refractivity (Wildman–Crippen MR) is 111 cm³/mol. The average molecular weight is 375 g/mol. The first kappa shape index (κ1) is 19.5. The summed E-state index contributed by atoms with van der Waals surface area (Å²) in [6, 6.07) is 15.0. The summed E-state index contributed by atoms with van der Waals surface area (Å²) in [5.74, 6) is 0.612. The van der Waals surface area contributed by atoms with Crippen molar-refractivity contribution in [3.05, 3.63) is 78.1 Å². The lowest BCUT2D eigenvalue weighted by Gasteiger charge is -2.09. The number of carbonyl (C=O) groups is 1. The molecule has 1 N–H and O–H groups in total. The molecule has 5 heteroatoms. The predicted octanol–water partition coefficient (Wildman–Crippen LogP) is 4.69. The molecule has 1 amide bonds. The maximum Gasteiger partial charge on any atom is 0.270 e. The van der Waals surface area contributed by atoms with Crippen molar-refractivity contribution in [1.29, 1.82) is 0 Å². The smallest absolute Gasteiger partial charge is 0.270 e. The van der Waals surface area contributed by atoms with Gasteiger partial charge in [0.05, 0.1) is 17.6 Å². The third kappa shape index (κ3) is 5.64. The summed E-state index contributed by atoms with van der Waals surface area (Å²) in [6.07, 6.45) is 9.15. The number of carbonyl (C=O) groups excluding carboxylic acids is 1. The molecule has 0 saturated heterocycles. The Kier molecular flexibility index (Phi) is 7.13. The molecule has 2 aromatic heterocycles. The van der Waals surface area contributed by atoms with Crippen molar-refractivity contribution in [3.63, 3.8) is 0 Å². The molecule has 5 nitrogen and oxygen atoms in total. The van der Waals surface area contributed by atoms with Gasteiger partial charge in [-0.2, -0.15) is 0 Å². The number of rotatable bonds is 9. The van der Waals surface area contributed by atoms with Crippen molar-refractivity contribution in [2.75, 3.05) is 6.61 Å². The molecule has 1 aromatic carbocycles. The Morgan fingerprint density at radius 2 is 2.04 bits per heavy atom. The Morgan fingerprint density at radius 3 is 2.93 bits per heavy atom. The van der Waals surface area contributed by atoms with Gasteiger partial charge in [-0.25, -0.2) is 4.98 Å². The molecule has 0 aliphatic rings. The van der Waals surface area contributed by atoms with Crippen LogP contribution in [0.1, 0.15) is 42.2 Å². The Labute approximate surface area is 165 Å². The van der Waals surface area contributed by atoms with E-state index in [1.807, 2.05) is 36.4 Å². The Morgan fingerprint density at radius 1 is 1.11 bits per heavy atom. The van der Waals surface area contributed by atoms with E-state index in [0.29, 0.717) is 24.4 Å². The molecule has 0 radical (unpaired) electrons. The number of pyridine rings is 2. The van der Waals surface area contributed by atoms with Crippen LogP contribution in [0.4, 0.5) is 0 Å². The number of hydrogen-bond donors (Lipinski definition) is 1. The van der Waals surface area contributed by atoms with Crippen LogP contribution in [0.15, 0.2) is 66.9 Å². The van der Waals surface area contributed by atoms with Crippen LogP contribution in [0.3, 0.4) is 0 Å². The number of aromatic nitrogens is 2. The van der Waals surface area contributed by atoms with Crippen LogP contribution in [0.25, 0.3) is 11.0 Å². The normalized spacial score (nSPS) is 11.0. The van der Waals surface area contributed by atoms with E-state index < -0.39 is 0 Å². The number of amides is 1. The fourth-order valence-corrected chi connectivity index (χ4v) is 2.78. The van der Waals surface area contributed by atoms with Crippen molar-refractivity contribution >= 4 is 16.9 Å². The van der Waals surface area contributed by atoms with Gasteiger partial charge in [0, 0.05) is 12.7 Å². The van der Waals surface area contributed by atoms with Crippen LogP contribution in [-0.2, 0) is 6.54 Å². The van der Waals surface area contributed by atoms with E-state index in [-0.39, 0.29) is 5.91 Å². The average Bonchev–Trinajstić information content (AvgIpc) is 2.74. The summed E-state index contributed by atoms with van der Waals surface area (Å²) in [4.78, 5) is 21.0. The number of benzene rings is 1. The van der Waals surface area contributed by atoms with Crippen molar-refractivity contribution in [2.45, 2.75) is 32.7 Å². The summed E-state index contributed by atoms with van der Waals surface area (Å²) < 4.78 is 5.80. The fourth-order valence-electron chi connectivity index (χ4n) is 2.78. The lowest BCUT2D eigenvalue weighted by atomic mass is 10.2. The maximum atomic E-state index is 12.4. The van der Waals surface area contributed by atoms with Gasteiger partial charge in [0.15, 0.2) is 0 Å². The fraction of sp³-hybridized carbons (Fsp3) is 0.261. The molecule has 0 unspecified atom stereocenters. The number of nitrogens with zero attached hydrogens (tertiary/aromatic N) is 2. The molecular formula is C23H25N3O2. The van der Waals surface area contributed by atoms with Gasteiger partial charge in [0.2, 0.25) is 0 Å². The summed E-state index contributed by atoms with van der Waals surface area (Å²) in [5, 5.41) is 2.91. The Balaban J connectivity index is 1.52. The maximum absolute atomic E-state index is 12.4. The van der Waals surface area contributed by atoms with E-state index in [2.05, 4.69) is 34.4 Å². The number of ether oxygens (including phenoxy) is 1. The second-order valence-corrected chi connectivity index (χ2v) is 6.44. The van der Waals surface area contributed by atoms with Gasteiger partial charge in [-0.1, -0.05) is 31.2 Å². The molecule has 0 fully saturated rings. The van der Waals surface area contributed by atoms with Gasteiger partial charge in [-0.15, -0.1) is 0 Å². The van der Waals surface area contributed by atoms with Crippen molar-refractivity contribution in [3.8, 4) is 5.75 Å². The minimum Gasteiger partial charge on any atom is -0.494 e. The molecule has 0 bridgehead atoms. The van der Waals surface area contributed by atoms with Crippen LogP contribution in [-0.4, -0.2) is 22.5 Å². The summed E-state index contributed by atoms with van der Waals surface area (Å²) in [7, 11) is 0. The van der Waals surface area contributed by atoms with Crippen LogP contribution in [0.5, 0.6) is 5.75 Å². The minimum atomic E-state index is -0.209. The van der Waals surface area contributed by atoms with Crippen LogP contribution >= 0.6 is 0 Å². The molecule has 28 heavy (non-hydrogen) atoms. The largest absolute Gasteiger partial charge is 0.494 e. The Bertz CT molecular complexity index is 953. The van der Waals surface area contributed by atoms with Gasteiger partial charge in [-0.3, -0.25) is 9.78 Å². The highest BCUT2D eigenvalue weighted by atomic mass is 16.5. The molecule has 0 aliphatic carbocycles. The van der Waals surface area contributed by atoms with Gasteiger partial charge in [-0.05, 0) is 61.2 Å².